The lowest BCUT2D eigenvalue weighted by molar-refractivity contribution is -0.134. The molecule has 6 heteroatoms. The summed E-state index contributed by atoms with van der Waals surface area (Å²) in [6.45, 7) is 2.40. The lowest BCUT2D eigenvalue weighted by Gasteiger charge is -2.16. The van der Waals surface area contributed by atoms with E-state index in [2.05, 4.69) is 17.6 Å². The average molecular weight is 382 g/mol. The molecule has 1 aliphatic rings. The van der Waals surface area contributed by atoms with Crippen molar-refractivity contribution in [3.05, 3.63) is 53.6 Å². The van der Waals surface area contributed by atoms with Crippen LogP contribution in [0.1, 0.15) is 30.9 Å². The number of carbonyl (C=O) groups excluding carboxylic acids is 2. The summed E-state index contributed by atoms with van der Waals surface area (Å²) in [5.41, 5.74) is 1.81. The highest BCUT2D eigenvalue weighted by Crippen LogP contribution is 2.47. The Morgan fingerprint density at radius 1 is 0.929 bits per heavy atom. The lowest BCUT2D eigenvalue weighted by atomic mass is 10.0. The van der Waals surface area contributed by atoms with Gasteiger partial charge in [0.25, 0.3) is 0 Å². The van der Waals surface area contributed by atoms with Crippen LogP contribution in [0.2, 0.25) is 0 Å². The summed E-state index contributed by atoms with van der Waals surface area (Å²) in [5, 5.41) is 5.75. The van der Waals surface area contributed by atoms with Gasteiger partial charge >= 0.3 is 0 Å². The summed E-state index contributed by atoms with van der Waals surface area (Å²) < 4.78 is 10.5. The molecule has 0 heterocycles. The third-order valence-corrected chi connectivity index (χ3v) is 5.14. The number of benzene rings is 2. The largest absolute Gasteiger partial charge is 0.493 e. The van der Waals surface area contributed by atoms with Gasteiger partial charge in [-0.25, -0.2) is 0 Å². The van der Waals surface area contributed by atoms with Gasteiger partial charge in [0.05, 0.1) is 14.2 Å². The van der Waals surface area contributed by atoms with Gasteiger partial charge in [-0.15, -0.1) is 0 Å². The SMILES string of the molecule is CCc1ccc(NC(=O)C2(C(=O)NCc3ccc(OC)c(OC)c3)CC2)cc1. The summed E-state index contributed by atoms with van der Waals surface area (Å²) in [5.74, 6) is 0.736. The van der Waals surface area contributed by atoms with E-state index in [9.17, 15) is 9.59 Å². The topological polar surface area (TPSA) is 76.7 Å². The second kappa shape index (κ2) is 8.33. The van der Waals surface area contributed by atoms with E-state index in [1.165, 1.54) is 5.56 Å². The Bertz CT molecular complexity index is 857. The first-order valence-corrected chi connectivity index (χ1v) is 9.42. The van der Waals surface area contributed by atoms with Crippen LogP contribution in [-0.2, 0) is 22.6 Å². The van der Waals surface area contributed by atoms with E-state index in [1.807, 2.05) is 36.4 Å². The third kappa shape index (κ3) is 4.11. The van der Waals surface area contributed by atoms with Gasteiger partial charge in [-0.2, -0.15) is 0 Å². The molecule has 0 aromatic heterocycles. The smallest absolute Gasteiger partial charge is 0.240 e. The Labute approximate surface area is 165 Å². The Morgan fingerprint density at radius 3 is 2.14 bits per heavy atom. The number of anilines is 1. The molecule has 2 aromatic rings. The van der Waals surface area contributed by atoms with Gasteiger partial charge < -0.3 is 20.1 Å². The summed E-state index contributed by atoms with van der Waals surface area (Å²) in [6, 6.07) is 13.2. The van der Waals surface area contributed by atoms with E-state index in [1.54, 1.807) is 20.3 Å². The molecule has 0 unspecified atom stereocenters. The molecule has 1 fully saturated rings. The van der Waals surface area contributed by atoms with Crippen molar-refractivity contribution < 1.29 is 19.1 Å². The highest BCUT2D eigenvalue weighted by molar-refractivity contribution is 6.13. The maximum absolute atomic E-state index is 12.7. The molecule has 148 valence electrons. The number of amides is 2. The second-order valence-corrected chi connectivity index (χ2v) is 6.96. The van der Waals surface area contributed by atoms with Gasteiger partial charge in [-0.05, 0) is 54.7 Å². The van der Waals surface area contributed by atoms with Crippen molar-refractivity contribution in [2.24, 2.45) is 5.41 Å². The summed E-state index contributed by atoms with van der Waals surface area (Å²) in [4.78, 5) is 25.4. The van der Waals surface area contributed by atoms with Gasteiger partial charge in [0, 0.05) is 12.2 Å². The van der Waals surface area contributed by atoms with Crippen LogP contribution in [0, 0.1) is 5.41 Å². The molecule has 3 rings (SSSR count). The molecule has 6 nitrogen and oxygen atoms in total. The number of hydrogen-bond donors (Lipinski definition) is 2. The number of methoxy groups -OCH3 is 2. The highest BCUT2D eigenvalue weighted by Gasteiger charge is 2.56. The molecule has 1 aliphatic carbocycles. The van der Waals surface area contributed by atoms with Gasteiger partial charge in [0.2, 0.25) is 11.8 Å². The first-order chi connectivity index (χ1) is 13.5. The Hall–Kier alpha value is -3.02. The normalized spacial score (nSPS) is 14.1. The Morgan fingerprint density at radius 2 is 1.57 bits per heavy atom. The first-order valence-electron chi connectivity index (χ1n) is 9.42. The number of aryl methyl sites for hydroxylation is 1. The lowest BCUT2D eigenvalue weighted by Crippen LogP contribution is -2.39. The van der Waals surface area contributed by atoms with Crippen molar-refractivity contribution in [3.63, 3.8) is 0 Å². The van der Waals surface area contributed by atoms with Crippen LogP contribution < -0.4 is 20.1 Å². The number of ether oxygens (including phenoxy) is 2. The summed E-state index contributed by atoms with van der Waals surface area (Å²) in [6.07, 6.45) is 2.06. The fraction of sp³-hybridized carbons (Fsp3) is 0.364. The fourth-order valence-corrected chi connectivity index (χ4v) is 3.10. The summed E-state index contributed by atoms with van der Waals surface area (Å²) in [7, 11) is 3.14. The van der Waals surface area contributed by atoms with E-state index >= 15 is 0 Å². The van der Waals surface area contributed by atoms with Crippen LogP contribution in [0.3, 0.4) is 0 Å². The molecule has 1 saturated carbocycles. The van der Waals surface area contributed by atoms with Crippen molar-refractivity contribution in [1.82, 2.24) is 5.32 Å². The van der Waals surface area contributed by atoms with Crippen molar-refractivity contribution in [2.75, 3.05) is 19.5 Å². The monoisotopic (exact) mass is 382 g/mol. The van der Waals surface area contributed by atoms with Crippen LogP contribution in [0.25, 0.3) is 0 Å². The fourth-order valence-electron chi connectivity index (χ4n) is 3.10. The number of nitrogens with one attached hydrogen (secondary N) is 2. The summed E-state index contributed by atoms with van der Waals surface area (Å²) >= 11 is 0. The van der Waals surface area contributed by atoms with Gasteiger partial charge in [-0.1, -0.05) is 25.1 Å². The van der Waals surface area contributed by atoms with Crippen LogP contribution in [-0.4, -0.2) is 26.0 Å². The maximum Gasteiger partial charge on any atom is 0.240 e. The van der Waals surface area contributed by atoms with Crippen LogP contribution in [0.15, 0.2) is 42.5 Å². The highest BCUT2D eigenvalue weighted by atomic mass is 16.5. The molecule has 0 spiro atoms. The molecule has 0 saturated heterocycles. The van der Waals surface area contributed by atoms with E-state index in [4.69, 9.17) is 9.47 Å². The molecule has 2 amide bonds. The number of hydrogen-bond acceptors (Lipinski definition) is 4. The van der Waals surface area contributed by atoms with Gasteiger partial charge in [-0.3, -0.25) is 9.59 Å². The minimum absolute atomic E-state index is 0.245. The molecule has 0 atom stereocenters. The molecular weight excluding hydrogens is 356 g/mol. The van der Waals surface area contributed by atoms with E-state index in [0.29, 0.717) is 36.6 Å². The zero-order valence-electron chi connectivity index (χ0n) is 16.5. The van der Waals surface area contributed by atoms with E-state index in [-0.39, 0.29) is 11.8 Å². The predicted molar refractivity (Wildman–Crippen MR) is 108 cm³/mol. The quantitative estimate of drug-likeness (QED) is 0.687. The minimum atomic E-state index is -0.972. The van der Waals surface area contributed by atoms with Crippen molar-refractivity contribution in [1.29, 1.82) is 0 Å². The molecule has 2 aromatic carbocycles. The average Bonchev–Trinajstić information content (AvgIpc) is 3.54. The zero-order chi connectivity index (χ0) is 20.1. The van der Waals surface area contributed by atoms with Crippen LogP contribution in [0.5, 0.6) is 11.5 Å². The van der Waals surface area contributed by atoms with Gasteiger partial charge in [0.15, 0.2) is 11.5 Å². The Kier molecular flexibility index (Phi) is 5.87. The first kappa shape index (κ1) is 19.7. The standard InChI is InChI=1S/C22H26N2O4/c1-4-15-5-8-17(9-6-15)24-21(26)22(11-12-22)20(25)23-14-16-7-10-18(27-2)19(13-16)28-3/h5-10,13H,4,11-12,14H2,1-3H3,(H,23,25)(H,24,26). The van der Waals surface area contributed by atoms with Crippen molar-refractivity contribution in [2.45, 2.75) is 32.7 Å². The van der Waals surface area contributed by atoms with E-state index < -0.39 is 5.41 Å². The van der Waals surface area contributed by atoms with Crippen LogP contribution >= 0.6 is 0 Å². The second-order valence-electron chi connectivity index (χ2n) is 6.96. The molecule has 0 radical (unpaired) electrons. The number of carbonyl (C=O) groups is 2. The van der Waals surface area contributed by atoms with Crippen molar-refractivity contribution in [3.8, 4) is 11.5 Å². The number of rotatable bonds is 8. The molecule has 0 bridgehead atoms. The molecule has 0 aliphatic heterocycles. The van der Waals surface area contributed by atoms with Crippen molar-refractivity contribution >= 4 is 17.5 Å². The minimum Gasteiger partial charge on any atom is -0.493 e. The Balaban J connectivity index is 1.61. The van der Waals surface area contributed by atoms with E-state index in [0.717, 1.165) is 12.0 Å². The predicted octanol–water partition coefficient (Wildman–Crippen LogP) is 3.30. The van der Waals surface area contributed by atoms with Crippen LogP contribution in [0.4, 0.5) is 5.69 Å². The maximum atomic E-state index is 12.7. The molecular formula is C22H26N2O4. The third-order valence-electron chi connectivity index (χ3n) is 5.14. The zero-order valence-corrected chi connectivity index (χ0v) is 16.5. The van der Waals surface area contributed by atoms with Gasteiger partial charge in [0.1, 0.15) is 5.41 Å². The molecule has 2 N–H and O–H groups in total. The molecule has 28 heavy (non-hydrogen) atoms.